The fraction of sp³-hybridized carbons (Fsp3) is 0.560. The van der Waals surface area contributed by atoms with Crippen molar-refractivity contribution < 1.29 is 9.53 Å². The zero-order valence-corrected chi connectivity index (χ0v) is 20.2. The van der Waals surface area contributed by atoms with Crippen molar-refractivity contribution in [3.63, 3.8) is 0 Å². The monoisotopic (exact) mass is 457 g/mol. The fourth-order valence-corrected chi connectivity index (χ4v) is 4.77. The maximum Gasteiger partial charge on any atom is 0.262 e. The van der Waals surface area contributed by atoms with Crippen molar-refractivity contribution in [3.05, 3.63) is 46.3 Å². The van der Waals surface area contributed by atoms with Gasteiger partial charge in [0.15, 0.2) is 5.16 Å². The number of aromatic nitrogens is 2. The smallest absolute Gasteiger partial charge is 0.262 e. The van der Waals surface area contributed by atoms with E-state index >= 15 is 0 Å². The van der Waals surface area contributed by atoms with Crippen LogP contribution in [0, 0.1) is 0 Å². The van der Waals surface area contributed by atoms with Crippen LogP contribution in [0.5, 0.6) is 0 Å². The quantitative estimate of drug-likeness (QED) is 0.229. The Kier molecular flexibility index (Phi) is 9.36. The van der Waals surface area contributed by atoms with Crippen molar-refractivity contribution in [1.82, 2.24) is 14.9 Å². The van der Waals surface area contributed by atoms with Gasteiger partial charge in [0.1, 0.15) is 0 Å². The van der Waals surface area contributed by atoms with Crippen molar-refractivity contribution in [3.8, 4) is 0 Å². The molecule has 1 unspecified atom stereocenters. The molecular weight excluding hydrogens is 422 g/mol. The van der Waals surface area contributed by atoms with Crippen LogP contribution in [0.15, 0.2) is 45.9 Å². The number of carbonyl (C=O) groups excluding carboxylic acids is 1. The molecule has 2 aromatic rings. The summed E-state index contributed by atoms with van der Waals surface area (Å²) in [4.78, 5) is 30.6. The Hall–Kier alpha value is -2.12. The maximum atomic E-state index is 13.1. The number of rotatable bonds is 11. The molecule has 0 fully saturated rings. The van der Waals surface area contributed by atoms with Gasteiger partial charge in [0, 0.05) is 19.7 Å². The highest BCUT2D eigenvalue weighted by atomic mass is 32.2. The third-order valence-corrected chi connectivity index (χ3v) is 6.68. The van der Waals surface area contributed by atoms with E-state index in [9.17, 15) is 9.59 Å². The number of para-hydroxylation sites is 1. The predicted molar refractivity (Wildman–Crippen MR) is 131 cm³/mol. The van der Waals surface area contributed by atoms with E-state index in [4.69, 9.17) is 9.72 Å². The van der Waals surface area contributed by atoms with Crippen LogP contribution in [-0.4, -0.2) is 40.0 Å². The lowest BCUT2D eigenvalue weighted by Crippen LogP contribution is -2.33. The number of hydrogen-bond donors (Lipinski definition) is 1. The molecule has 0 aliphatic heterocycles. The molecule has 1 aliphatic rings. The van der Waals surface area contributed by atoms with Gasteiger partial charge >= 0.3 is 0 Å². The molecule has 0 radical (unpaired) electrons. The zero-order valence-electron chi connectivity index (χ0n) is 19.4. The van der Waals surface area contributed by atoms with Gasteiger partial charge in [0.25, 0.3) is 5.56 Å². The van der Waals surface area contributed by atoms with Crippen molar-refractivity contribution in [2.45, 2.75) is 82.4 Å². The number of hydrogen-bond acceptors (Lipinski definition) is 5. The van der Waals surface area contributed by atoms with Gasteiger partial charge in [-0.25, -0.2) is 4.98 Å². The molecule has 1 aromatic heterocycles. The van der Waals surface area contributed by atoms with Crippen LogP contribution in [0.2, 0.25) is 0 Å². The Labute approximate surface area is 194 Å². The van der Waals surface area contributed by atoms with E-state index in [0.717, 1.165) is 19.3 Å². The third-order valence-electron chi connectivity index (χ3n) is 5.59. The number of amides is 1. The molecule has 174 valence electrons. The van der Waals surface area contributed by atoms with Crippen LogP contribution < -0.4 is 10.9 Å². The van der Waals surface area contributed by atoms with Gasteiger partial charge in [-0.1, -0.05) is 35.5 Å². The van der Waals surface area contributed by atoms with E-state index in [1.54, 1.807) is 10.6 Å². The Morgan fingerprint density at radius 2 is 2.06 bits per heavy atom. The number of thioether (sulfide) groups is 1. The second-order valence-corrected chi connectivity index (χ2v) is 9.86. The first-order chi connectivity index (χ1) is 15.5. The highest BCUT2D eigenvalue weighted by molar-refractivity contribution is 8.00. The van der Waals surface area contributed by atoms with Gasteiger partial charge in [-0.05, 0) is 71.4 Å². The molecule has 0 bridgehead atoms. The average molecular weight is 458 g/mol. The van der Waals surface area contributed by atoms with Gasteiger partial charge < -0.3 is 10.1 Å². The van der Waals surface area contributed by atoms with E-state index in [-0.39, 0.29) is 22.8 Å². The third kappa shape index (κ3) is 6.94. The van der Waals surface area contributed by atoms with Crippen LogP contribution in [-0.2, 0) is 16.1 Å². The summed E-state index contributed by atoms with van der Waals surface area (Å²) in [7, 11) is 0. The summed E-state index contributed by atoms with van der Waals surface area (Å²) < 4.78 is 7.32. The van der Waals surface area contributed by atoms with Crippen LogP contribution in [0.3, 0.4) is 0 Å². The van der Waals surface area contributed by atoms with Gasteiger partial charge in [0.2, 0.25) is 5.91 Å². The van der Waals surface area contributed by atoms with Crippen LogP contribution in [0.1, 0.15) is 59.3 Å². The van der Waals surface area contributed by atoms with Gasteiger partial charge in [-0.2, -0.15) is 0 Å². The van der Waals surface area contributed by atoms with Gasteiger partial charge in [-0.3, -0.25) is 14.2 Å². The average Bonchev–Trinajstić information content (AvgIpc) is 2.78. The summed E-state index contributed by atoms with van der Waals surface area (Å²) in [5, 5.41) is 3.88. The normalized spacial score (nSPS) is 15.1. The van der Waals surface area contributed by atoms with E-state index in [1.165, 1.54) is 30.2 Å². The topological polar surface area (TPSA) is 73.2 Å². The highest BCUT2D eigenvalue weighted by Gasteiger charge is 2.19. The SMILES string of the molecule is CC(C)OCCCn1c(SC(C)C(=O)NCCC2=CCCCC2)nc2ccccc2c1=O. The minimum atomic E-state index is -0.346. The Balaban J connectivity index is 1.68. The predicted octanol–water partition coefficient (Wildman–Crippen LogP) is 4.70. The fourth-order valence-electron chi connectivity index (χ4n) is 3.81. The number of allylic oxidation sites excluding steroid dienone is 1. The number of ether oxygens (including phenoxy) is 1. The Morgan fingerprint density at radius 1 is 1.25 bits per heavy atom. The molecule has 0 saturated heterocycles. The number of nitrogens with one attached hydrogen (secondary N) is 1. The maximum absolute atomic E-state index is 13.1. The van der Waals surface area contributed by atoms with Crippen molar-refractivity contribution in [1.29, 1.82) is 0 Å². The van der Waals surface area contributed by atoms with Crippen molar-refractivity contribution in [2.24, 2.45) is 0 Å². The lowest BCUT2D eigenvalue weighted by Gasteiger charge is -2.17. The summed E-state index contributed by atoms with van der Waals surface area (Å²) >= 11 is 1.34. The first-order valence-corrected chi connectivity index (χ1v) is 12.6. The number of carbonyl (C=O) groups is 1. The van der Waals surface area contributed by atoms with Gasteiger partial charge in [-0.15, -0.1) is 0 Å². The van der Waals surface area contributed by atoms with Crippen LogP contribution >= 0.6 is 11.8 Å². The van der Waals surface area contributed by atoms with E-state index in [1.807, 2.05) is 39.0 Å². The molecular formula is C25H35N3O3S. The standard InChI is InChI=1S/C25H35N3O3S/c1-18(2)31-17-9-16-28-24(30)21-12-7-8-13-22(21)27-25(28)32-19(3)23(29)26-15-14-20-10-5-4-6-11-20/h7-8,10,12-13,18-19H,4-6,9,11,14-17H2,1-3H3,(H,26,29). The van der Waals surface area contributed by atoms with E-state index in [2.05, 4.69) is 11.4 Å². The summed E-state index contributed by atoms with van der Waals surface area (Å²) in [5.74, 6) is -0.0245. The second-order valence-electron chi connectivity index (χ2n) is 8.55. The number of fused-ring (bicyclic) bond motifs is 1. The first-order valence-electron chi connectivity index (χ1n) is 11.7. The van der Waals surface area contributed by atoms with E-state index < -0.39 is 0 Å². The lowest BCUT2D eigenvalue weighted by molar-refractivity contribution is -0.120. The molecule has 3 rings (SSSR count). The molecule has 1 amide bonds. The van der Waals surface area contributed by atoms with E-state index in [0.29, 0.717) is 42.2 Å². The van der Waals surface area contributed by atoms with Gasteiger partial charge in [0.05, 0.1) is 22.3 Å². The number of benzene rings is 1. The summed E-state index contributed by atoms with van der Waals surface area (Å²) in [5.41, 5.74) is 2.04. The summed E-state index contributed by atoms with van der Waals surface area (Å²) in [6.07, 6.45) is 8.92. The summed E-state index contributed by atoms with van der Waals surface area (Å²) in [6.45, 7) is 7.60. The minimum absolute atomic E-state index is 0.0245. The van der Waals surface area contributed by atoms with Crippen LogP contribution in [0.25, 0.3) is 10.9 Å². The van der Waals surface area contributed by atoms with Crippen LogP contribution in [0.4, 0.5) is 0 Å². The molecule has 1 atom stereocenters. The van der Waals surface area contributed by atoms with Crippen molar-refractivity contribution >= 4 is 28.6 Å². The lowest BCUT2D eigenvalue weighted by atomic mass is 9.97. The molecule has 6 nitrogen and oxygen atoms in total. The molecule has 1 aromatic carbocycles. The molecule has 1 heterocycles. The minimum Gasteiger partial charge on any atom is -0.379 e. The first kappa shape index (κ1) is 24.5. The molecule has 1 N–H and O–H groups in total. The molecule has 7 heteroatoms. The number of nitrogens with zero attached hydrogens (tertiary/aromatic N) is 2. The molecule has 1 aliphatic carbocycles. The largest absolute Gasteiger partial charge is 0.379 e. The second kappa shape index (κ2) is 12.2. The Morgan fingerprint density at radius 3 is 2.81 bits per heavy atom. The summed E-state index contributed by atoms with van der Waals surface area (Å²) in [6, 6.07) is 7.37. The highest BCUT2D eigenvalue weighted by Crippen LogP contribution is 2.23. The zero-order chi connectivity index (χ0) is 22.9. The Bertz CT molecular complexity index is 1000. The molecule has 32 heavy (non-hydrogen) atoms. The molecule has 0 spiro atoms. The molecule has 0 saturated carbocycles. The van der Waals surface area contributed by atoms with Crippen molar-refractivity contribution in [2.75, 3.05) is 13.2 Å².